The highest BCUT2D eigenvalue weighted by atomic mass is 16.8. The highest BCUT2D eigenvalue weighted by molar-refractivity contribution is 4.96. The Kier molecular flexibility index (Phi) is 14.7. The average molecular weight is 811 g/mol. The summed E-state index contributed by atoms with van der Waals surface area (Å²) in [5.74, 6) is 0. The Bertz CT molecular complexity index is 1210. The van der Waals surface area contributed by atoms with Gasteiger partial charge in [0, 0.05) is 0 Å². The quantitative estimate of drug-likeness (QED) is 0.0821. The fourth-order valence-electron chi connectivity index (χ4n) is 6.99. The molecule has 6 aliphatic rings. The average Bonchev–Trinajstić information content (AvgIpc) is 3.72. The third-order valence-electron chi connectivity index (χ3n) is 10.3. The predicted molar refractivity (Wildman–Crippen MR) is 163 cm³/mol. The van der Waals surface area contributed by atoms with Crippen molar-refractivity contribution in [1.29, 1.82) is 0 Å². The molecule has 25 heteroatoms. The van der Waals surface area contributed by atoms with Gasteiger partial charge in [-0.2, -0.15) is 0 Å². The molecule has 0 unspecified atom stereocenters. The number of aliphatic hydroxyl groups is 14. The summed E-state index contributed by atoms with van der Waals surface area (Å²) in [6.07, 6.45) is -39.3. The van der Waals surface area contributed by atoms with Gasteiger partial charge in [-0.25, -0.2) is 0 Å². The fourth-order valence-corrected chi connectivity index (χ4v) is 6.99. The van der Waals surface area contributed by atoms with Crippen LogP contribution in [0, 0.1) is 0 Å². The SMILES string of the molecule is OC[C@H]1O[C@H](O[C@@H]2[C@@H](O[C@H]3O[C@H](CO)[C@@H](O)[C@@H]3O)[C@H](O[C@@H]3CO[C@@H](O[C@@H]4CO[C@@H](O)[C@H](O)[C@H]4O)[C@H](O)[C@H]3O[C@H]3O[C@H](CO)[C@@H](O)[C@@H]3O)OC[C@H]2O)[C@@H](O)[C@@H]1O. The normalized spacial score (nSPS) is 53.6. The van der Waals surface area contributed by atoms with Crippen LogP contribution in [0.5, 0.6) is 0 Å². The van der Waals surface area contributed by atoms with Crippen molar-refractivity contribution in [2.45, 2.75) is 148 Å². The molecule has 55 heavy (non-hydrogen) atoms. The topological polar surface area (TPSA) is 385 Å². The lowest BCUT2D eigenvalue weighted by molar-refractivity contribution is -0.377. The second-order valence-electron chi connectivity index (χ2n) is 13.9. The molecule has 0 radical (unpaired) electrons. The summed E-state index contributed by atoms with van der Waals surface area (Å²) in [7, 11) is 0. The van der Waals surface area contributed by atoms with E-state index in [0.29, 0.717) is 0 Å². The molecule has 0 aromatic carbocycles. The molecule has 0 amide bonds. The largest absolute Gasteiger partial charge is 0.394 e. The van der Waals surface area contributed by atoms with Crippen LogP contribution in [0.1, 0.15) is 0 Å². The first-order valence-electron chi connectivity index (χ1n) is 17.6. The van der Waals surface area contributed by atoms with Crippen molar-refractivity contribution in [1.82, 2.24) is 0 Å². The Labute approximate surface area is 311 Å². The lowest BCUT2D eigenvalue weighted by Crippen LogP contribution is -2.64. The van der Waals surface area contributed by atoms with E-state index in [1.54, 1.807) is 0 Å². The number of hydrogen-bond acceptors (Lipinski definition) is 25. The third-order valence-corrected chi connectivity index (χ3v) is 10.3. The zero-order valence-electron chi connectivity index (χ0n) is 28.9. The van der Waals surface area contributed by atoms with E-state index in [4.69, 9.17) is 52.1 Å². The summed E-state index contributed by atoms with van der Waals surface area (Å²) < 4.78 is 62.2. The van der Waals surface area contributed by atoms with Crippen molar-refractivity contribution in [3.8, 4) is 0 Å². The summed E-state index contributed by atoms with van der Waals surface area (Å²) in [5, 5.41) is 144. The van der Waals surface area contributed by atoms with E-state index in [-0.39, 0.29) is 0 Å². The highest BCUT2D eigenvalue weighted by Gasteiger charge is 2.56. The first-order valence-corrected chi connectivity index (χ1v) is 17.6. The maximum absolute atomic E-state index is 11.5. The van der Waals surface area contributed by atoms with E-state index in [9.17, 15) is 71.5 Å². The van der Waals surface area contributed by atoms with Crippen LogP contribution in [0.25, 0.3) is 0 Å². The lowest BCUT2D eigenvalue weighted by Gasteiger charge is -2.46. The summed E-state index contributed by atoms with van der Waals surface area (Å²) in [4.78, 5) is 0. The second-order valence-corrected chi connectivity index (χ2v) is 13.9. The number of rotatable bonds is 13. The van der Waals surface area contributed by atoms with Crippen molar-refractivity contribution < 1.29 is 124 Å². The van der Waals surface area contributed by atoms with Gasteiger partial charge in [-0.15, -0.1) is 0 Å². The van der Waals surface area contributed by atoms with E-state index >= 15 is 0 Å². The van der Waals surface area contributed by atoms with Crippen LogP contribution in [0.2, 0.25) is 0 Å². The summed E-state index contributed by atoms with van der Waals surface area (Å²) >= 11 is 0. The second kappa shape index (κ2) is 18.5. The van der Waals surface area contributed by atoms with Gasteiger partial charge in [0.05, 0.1) is 39.6 Å². The van der Waals surface area contributed by atoms with Crippen LogP contribution < -0.4 is 0 Å². The minimum absolute atomic E-state index is 0.457. The maximum Gasteiger partial charge on any atom is 0.187 e. The molecule has 6 aliphatic heterocycles. The Balaban J connectivity index is 1.26. The molecule has 6 fully saturated rings. The number of aliphatic hydroxyl groups excluding tert-OH is 14. The Morgan fingerprint density at radius 3 is 1.29 bits per heavy atom. The van der Waals surface area contributed by atoms with Gasteiger partial charge in [0.15, 0.2) is 37.7 Å². The third kappa shape index (κ3) is 8.97. The van der Waals surface area contributed by atoms with E-state index in [1.807, 2.05) is 0 Å². The van der Waals surface area contributed by atoms with Gasteiger partial charge in [-0.05, 0) is 0 Å². The van der Waals surface area contributed by atoms with Gasteiger partial charge in [-0.3, -0.25) is 0 Å². The molecule has 0 aromatic heterocycles. The van der Waals surface area contributed by atoms with E-state index in [0.717, 1.165) is 0 Å². The molecule has 0 saturated carbocycles. The van der Waals surface area contributed by atoms with Crippen molar-refractivity contribution in [3.63, 3.8) is 0 Å². The molecule has 14 N–H and O–H groups in total. The number of ether oxygens (including phenoxy) is 11. The first-order chi connectivity index (χ1) is 26.2. The van der Waals surface area contributed by atoms with Crippen molar-refractivity contribution in [2.24, 2.45) is 0 Å². The molecule has 0 bridgehead atoms. The molecular formula is C30H50O25. The molecule has 0 spiro atoms. The van der Waals surface area contributed by atoms with Crippen LogP contribution in [0.15, 0.2) is 0 Å². The highest BCUT2D eigenvalue weighted by Crippen LogP contribution is 2.36. The Hall–Kier alpha value is -1.00. The molecule has 6 saturated heterocycles. The summed E-state index contributed by atoms with van der Waals surface area (Å²) in [5.41, 5.74) is 0. The van der Waals surface area contributed by atoms with Crippen molar-refractivity contribution in [2.75, 3.05) is 39.6 Å². The molecule has 6 rings (SSSR count). The lowest BCUT2D eigenvalue weighted by atomic mass is 10.0. The number of hydrogen-bond donors (Lipinski definition) is 14. The summed E-state index contributed by atoms with van der Waals surface area (Å²) in [6, 6.07) is 0. The molecule has 320 valence electrons. The molecule has 6 heterocycles. The van der Waals surface area contributed by atoms with Crippen molar-refractivity contribution in [3.05, 3.63) is 0 Å². The van der Waals surface area contributed by atoms with Crippen LogP contribution >= 0.6 is 0 Å². The fraction of sp³-hybridized carbons (Fsp3) is 1.00. The van der Waals surface area contributed by atoms with Crippen LogP contribution in [0.4, 0.5) is 0 Å². The van der Waals surface area contributed by atoms with Crippen LogP contribution in [-0.2, 0) is 52.1 Å². The first kappa shape index (κ1) is 43.6. The monoisotopic (exact) mass is 810 g/mol. The van der Waals surface area contributed by atoms with E-state index in [2.05, 4.69) is 0 Å². The molecular weight excluding hydrogens is 760 g/mol. The van der Waals surface area contributed by atoms with Crippen LogP contribution in [-0.4, -0.2) is 259 Å². The minimum Gasteiger partial charge on any atom is -0.394 e. The Morgan fingerprint density at radius 1 is 0.364 bits per heavy atom. The smallest absolute Gasteiger partial charge is 0.187 e. The summed E-state index contributed by atoms with van der Waals surface area (Å²) in [6.45, 7) is -3.79. The minimum atomic E-state index is -1.92. The molecule has 25 nitrogen and oxygen atoms in total. The van der Waals surface area contributed by atoms with Gasteiger partial charge in [-0.1, -0.05) is 0 Å². The Morgan fingerprint density at radius 2 is 0.800 bits per heavy atom. The van der Waals surface area contributed by atoms with Gasteiger partial charge >= 0.3 is 0 Å². The van der Waals surface area contributed by atoms with Crippen molar-refractivity contribution >= 4 is 0 Å². The predicted octanol–water partition coefficient (Wildman–Crippen LogP) is -10.3. The maximum atomic E-state index is 11.5. The molecule has 0 aliphatic carbocycles. The zero-order chi connectivity index (χ0) is 39.9. The molecule has 24 atom stereocenters. The van der Waals surface area contributed by atoms with Crippen LogP contribution in [0.3, 0.4) is 0 Å². The van der Waals surface area contributed by atoms with Gasteiger partial charge < -0.3 is 124 Å². The molecule has 0 aromatic rings. The zero-order valence-corrected chi connectivity index (χ0v) is 28.9. The van der Waals surface area contributed by atoms with E-state index < -0.39 is 187 Å². The standard InChI is InChI=1S/C30H50O25/c31-1-8-13(35)18(40)27(48-8)53-22-7(34)4-46-30(24(22)55-29-20(42)15(37)10(3-33)50-29)52-12-6-47-26(51-11-5-45-25(44)17(39)16(11)38)21(43)23(12)54-28-19(41)14(36)9(2-32)49-28/h7-44H,1-6H2/t7-,8-,9-,10-,11-,12-,13-,14-,15-,16+,17-,18+,19+,20+,21-,22+,23+,24-,25-,26+,27-,28-,29-,30+/m1/s1. The van der Waals surface area contributed by atoms with Gasteiger partial charge in [0.2, 0.25) is 0 Å². The van der Waals surface area contributed by atoms with Gasteiger partial charge in [0.1, 0.15) is 110 Å². The van der Waals surface area contributed by atoms with Gasteiger partial charge in [0.25, 0.3) is 0 Å². The van der Waals surface area contributed by atoms with E-state index in [1.165, 1.54) is 0 Å².